The van der Waals surface area contributed by atoms with Gasteiger partial charge in [0.2, 0.25) is 0 Å². The van der Waals surface area contributed by atoms with Gasteiger partial charge in [-0.05, 0) is 24.6 Å². The lowest BCUT2D eigenvalue weighted by molar-refractivity contribution is -0.0621. The molecular formula is C11H13BrClF2N. The molecule has 1 aromatic carbocycles. The van der Waals surface area contributed by atoms with Gasteiger partial charge in [-0.15, -0.1) is 12.4 Å². The largest absolute Gasteiger partial charge is 0.305 e. The van der Waals surface area contributed by atoms with Gasteiger partial charge in [0.15, 0.2) is 0 Å². The molecule has 1 fully saturated rings. The fraction of sp³-hybridized carbons (Fsp3) is 0.455. The van der Waals surface area contributed by atoms with Crippen molar-refractivity contribution in [2.24, 2.45) is 0 Å². The zero-order valence-corrected chi connectivity index (χ0v) is 11.0. The van der Waals surface area contributed by atoms with Crippen LogP contribution in [0.2, 0.25) is 0 Å². The molecule has 0 aromatic heterocycles. The maximum Gasteiger partial charge on any atom is 0.267 e. The van der Waals surface area contributed by atoms with Crippen LogP contribution in [-0.2, 0) is 0 Å². The van der Waals surface area contributed by atoms with E-state index >= 15 is 0 Å². The first-order valence-electron chi connectivity index (χ1n) is 4.97. The molecule has 1 N–H and O–H groups in total. The smallest absolute Gasteiger partial charge is 0.267 e. The highest BCUT2D eigenvalue weighted by molar-refractivity contribution is 9.10. The van der Waals surface area contributed by atoms with Crippen molar-refractivity contribution < 1.29 is 8.78 Å². The lowest BCUT2D eigenvalue weighted by Gasteiger charge is -2.33. The molecule has 1 unspecified atom stereocenters. The van der Waals surface area contributed by atoms with Gasteiger partial charge < -0.3 is 5.32 Å². The van der Waals surface area contributed by atoms with Crippen LogP contribution >= 0.6 is 28.3 Å². The fourth-order valence-corrected chi connectivity index (χ4v) is 2.42. The quantitative estimate of drug-likeness (QED) is 0.828. The first-order valence-corrected chi connectivity index (χ1v) is 5.76. The maximum absolute atomic E-state index is 13.7. The summed E-state index contributed by atoms with van der Waals surface area (Å²) in [6, 6.07) is 6.28. The molecule has 5 heteroatoms. The number of hydrogen-bond acceptors (Lipinski definition) is 1. The Morgan fingerprint density at radius 3 is 2.62 bits per heavy atom. The van der Waals surface area contributed by atoms with Crippen LogP contribution in [0.15, 0.2) is 28.7 Å². The summed E-state index contributed by atoms with van der Waals surface area (Å²) in [6.07, 6.45) is 0.500. The lowest BCUT2D eigenvalue weighted by Crippen LogP contribution is -2.42. The van der Waals surface area contributed by atoms with Crippen molar-refractivity contribution in [2.75, 3.05) is 6.54 Å². The molecule has 1 aromatic rings. The van der Waals surface area contributed by atoms with Crippen LogP contribution in [0, 0.1) is 0 Å². The van der Waals surface area contributed by atoms with E-state index in [2.05, 4.69) is 21.2 Å². The van der Waals surface area contributed by atoms with Crippen molar-refractivity contribution in [1.29, 1.82) is 0 Å². The van der Waals surface area contributed by atoms with E-state index < -0.39 is 12.0 Å². The second-order valence-corrected chi connectivity index (χ2v) is 4.63. The molecule has 0 amide bonds. The summed E-state index contributed by atoms with van der Waals surface area (Å²) in [5.41, 5.74) is 0.641. The first kappa shape index (κ1) is 13.9. The molecule has 1 atom stereocenters. The highest BCUT2D eigenvalue weighted by Crippen LogP contribution is 2.40. The first-order chi connectivity index (χ1) is 7.11. The van der Waals surface area contributed by atoms with Gasteiger partial charge in [-0.3, -0.25) is 0 Å². The molecule has 1 aliphatic heterocycles. The summed E-state index contributed by atoms with van der Waals surface area (Å²) in [7, 11) is 0. The van der Waals surface area contributed by atoms with Crippen molar-refractivity contribution in [1.82, 2.24) is 5.32 Å². The number of piperidine rings is 1. The topological polar surface area (TPSA) is 12.0 Å². The number of benzene rings is 1. The molecule has 1 nitrogen and oxygen atoms in total. The van der Waals surface area contributed by atoms with Crippen LogP contribution in [0.3, 0.4) is 0 Å². The molecule has 1 aliphatic rings. The van der Waals surface area contributed by atoms with Gasteiger partial charge in [0.1, 0.15) is 0 Å². The van der Waals surface area contributed by atoms with Crippen molar-refractivity contribution in [2.45, 2.75) is 24.8 Å². The second kappa shape index (κ2) is 5.43. The minimum absolute atomic E-state index is 0. The standard InChI is InChI=1S/C11H12BrF2N.ClH/c12-9-5-2-1-4-8(9)10-11(13,14)6-3-7-15-10;/h1-2,4-5,10,15H,3,6-7H2;1H. The van der Waals surface area contributed by atoms with Crippen molar-refractivity contribution >= 4 is 28.3 Å². The van der Waals surface area contributed by atoms with E-state index in [-0.39, 0.29) is 18.8 Å². The van der Waals surface area contributed by atoms with Crippen LogP contribution in [0.5, 0.6) is 0 Å². The molecule has 1 saturated heterocycles. The van der Waals surface area contributed by atoms with Crippen LogP contribution in [0.4, 0.5) is 8.78 Å². The third-order valence-corrected chi connectivity index (χ3v) is 3.40. The molecule has 90 valence electrons. The Bertz CT molecular complexity index is 360. The molecule has 0 bridgehead atoms. The SMILES string of the molecule is Cl.FC1(F)CCCNC1c1ccccc1Br. The minimum Gasteiger partial charge on any atom is -0.305 e. The Kier molecular flexibility index (Phi) is 4.71. The van der Waals surface area contributed by atoms with E-state index in [1.807, 2.05) is 6.07 Å². The maximum atomic E-state index is 13.7. The van der Waals surface area contributed by atoms with Gasteiger partial charge in [-0.1, -0.05) is 34.1 Å². The lowest BCUT2D eigenvalue weighted by atomic mass is 9.94. The van der Waals surface area contributed by atoms with Gasteiger partial charge in [-0.25, -0.2) is 8.78 Å². The Hall–Kier alpha value is -0.190. The number of alkyl halides is 2. The van der Waals surface area contributed by atoms with Gasteiger partial charge in [0.05, 0.1) is 6.04 Å². The molecule has 0 aliphatic carbocycles. The highest BCUT2D eigenvalue weighted by Gasteiger charge is 2.42. The molecule has 2 rings (SSSR count). The summed E-state index contributed by atoms with van der Waals surface area (Å²) >= 11 is 3.31. The zero-order chi connectivity index (χ0) is 10.9. The Balaban J connectivity index is 0.00000128. The number of hydrogen-bond donors (Lipinski definition) is 1. The van der Waals surface area contributed by atoms with Gasteiger partial charge in [-0.2, -0.15) is 0 Å². The van der Waals surface area contributed by atoms with Gasteiger partial charge in [0.25, 0.3) is 5.92 Å². The summed E-state index contributed by atoms with van der Waals surface area (Å²) in [5, 5.41) is 2.89. The number of nitrogens with one attached hydrogen (secondary N) is 1. The Labute approximate surface area is 108 Å². The molecule has 1 heterocycles. The summed E-state index contributed by atoms with van der Waals surface area (Å²) < 4.78 is 28.0. The third kappa shape index (κ3) is 2.73. The average molecular weight is 313 g/mol. The van der Waals surface area contributed by atoms with Crippen molar-refractivity contribution in [3.05, 3.63) is 34.3 Å². The van der Waals surface area contributed by atoms with E-state index in [1.54, 1.807) is 18.2 Å². The van der Waals surface area contributed by atoms with Crippen LogP contribution in [0.1, 0.15) is 24.4 Å². The van der Waals surface area contributed by atoms with Gasteiger partial charge in [0, 0.05) is 10.9 Å². The third-order valence-electron chi connectivity index (χ3n) is 2.67. The average Bonchev–Trinajstić information content (AvgIpc) is 2.19. The van der Waals surface area contributed by atoms with Crippen molar-refractivity contribution in [3.63, 3.8) is 0 Å². The van der Waals surface area contributed by atoms with E-state index in [0.29, 0.717) is 18.5 Å². The summed E-state index contributed by atoms with van der Waals surface area (Å²) in [6.45, 7) is 0.654. The number of halogens is 4. The highest BCUT2D eigenvalue weighted by atomic mass is 79.9. The van der Waals surface area contributed by atoms with E-state index in [0.717, 1.165) is 4.47 Å². The minimum atomic E-state index is -2.65. The molecule has 0 radical (unpaired) electrons. The van der Waals surface area contributed by atoms with Crippen LogP contribution < -0.4 is 5.32 Å². The van der Waals surface area contributed by atoms with Crippen LogP contribution in [-0.4, -0.2) is 12.5 Å². The fourth-order valence-electron chi connectivity index (χ4n) is 1.91. The summed E-state index contributed by atoms with van der Waals surface area (Å²) in [5.74, 6) is -2.65. The Morgan fingerprint density at radius 2 is 2.00 bits per heavy atom. The monoisotopic (exact) mass is 311 g/mol. The van der Waals surface area contributed by atoms with E-state index in [4.69, 9.17) is 0 Å². The van der Waals surface area contributed by atoms with E-state index in [9.17, 15) is 8.78 Å². The molecular weight excluding hydrogens is 299 g/mol. The van der Waals surface area contributed by atoms with E-state index in [1.165, 1.54) is 0 Å². The molecule has 0 spiro atoms. The predicted octanol–water partition coefficient (Wildman–Crippen LogP) is 3.93. The number of rotatable bonds is 1. The van der Waals surface area contributed by atoms with Crippen LogP contribution in [0.25, 0.3) is 0 Å². The van der Waals surface area contributed by atoms with Crippen molar-refractivity contribution in [3.8, 4) is 0 Å². The van der Waals surface area contributed by atoms with Gasteiger partial charge >= 0.3 is 0 Å². The second-order valence-electron chi connectivity index (χ2n) is 3.77. The predicted molar refractivity (Wildman–Crippen MR) is 66.3 cm³/mol. The molecule has 16 heavy (non-hydrogen) atoms. The molecule has 0 saturated carbocycles. The zero-order valence-electron chi connectivity index (χ0n) is 8.55. The Morgan fingerprint density at radius 1 is 1.31 bits per heavy atom. The summed E-state index contributed by atoms with van der Waals surface area (Å²) in [4.78, 5) is 0. The normalized spacial score (nSPS) is 23.6.